The summed E-state index contributed by atoms with van der Waals surface area (Å²) < 4.78 is 25.7. The van der Waals surface area contributed by atoms with Crippen molar-refractivity contribution in [3.8, 4) is 11.4 Å². The van der Waals surface area contributed by atoms with E-state index < -0.39 is 11.8 Å². The lowest BCUT2D eigenvalue weighted by Crippen LogP contribution is -2.24. The van der Waals surface area contributed by atoms with Gasteiger partial charge in [-0.25, -0.2) is 9.18 Å². The maximum absolute atomic E-state index is 13.5. The van der Waals surface area contributed by atoms with Crippen LogP contribution in [0.5, 0.6) is 5.75 Å². The zero-order chi connectivity index (χ0) is 24.6. The van der Waals surface area contributed by atoms with E-state index in [1.807, 2.05) is 44.2 Å². The Hall–Kier alpha value is -4.13. The van der Waals surface area contributed by atoms with E-state index in [4.69, 9.17) is 9.47 Å². The summed E-state index contributed by atoms with van der Waals surface area (Å²) in [7, 11) is 2.90. The van der Waals surface area contributed by atoms with E-state index in [0.29, 0.717) is 11.4 Å². The zero-order valence-electron chi connectivity index (χ0n) is 19.7. The van der Waals surface area contributed by atoms with Crippen LogP contribution >= 0.6 is 0 Å². The fraction of sp³-hybridized carbons (Fsp3) is 0.185. The van der Waals surface area contributed by atoms with Gasteiger partial charge in [0.1, 0.15) is 11.6 Å². The molecular formula is C27H25FN2O4. The highest BCUT2D eigenvalue weighted by atomic mass is 19.1. The summed E-state index contributed by atoms with van der Waals surface area (Å²) in [5.74, 6) is -0.634. The number of rotatable bonds is 5. The van der Waals surface area contributed by atoms with Crippen molar-refractivity contribution in [2.24, 2.45) is 0 Å². The molecule has 1 amide bonds. The minimum atomic E-state index is -0.606. The largest absolute Gasteiger partial charge is 0.497 e. The molecule has 2 aromatic carbocycles. The Morgan fingerprint density at radius 1 is 0.941 bits per heavy atom. The van der Waals surface area contributed by atoms with E-state index in [1.165, 1.54) is 36.3 Å². The Morgan fingerprint density at radius 3 is 2.15 bits per heavy atom. The molecule has 0 radical (unpaired) electrons. The lowest BCUT2D eigenvalue weighted by atomic mass is 10.0. The number of hydrogen-bond donors (Lipinski definition) is 0. The molecule has 3 aromatic rings. The van der Waals surface area contributed by atoms with Gasteiger partial charge in [-0.1, -0.05) is 0 Å². The highest BCUT2D eigenvalue weighted by Gasteiger charge is 2.38. The van der Waals surface area contributed by atoms with Crippen LogP contribution in [0.1, 0.15) is 23.9 Å². The fourth-order valence-electron chi connectivity index (χ4n) is 4.30. The molecule has 1 aliphatic rings. The van der Waals surface area contributed by atoms with Gasteiger partial charge in [-0.2, -0.15) is 0 Å². The summed E-state index contributed by atoms with van der Waals surface area (Å²) >= 11 is 0. The number of hydrogen-bond acceptors (Lipinski definition) is 4. The number of aryl methyl sites for hydroxylation is 1. The highest BCUT2D eigenvalue weighted by Crippen LogP contribution is 2.36. The number of methoxy groups -OCH3 is 2. The van der Waals surface area contributed by atoms with Crippen LogP contribution in [0, 0.1) is 19.7 Å². The molecule has 0 spiro atoms. The number of nitrogens with zero attached hydrogens (tertiary/aromatic N) is 2. The van der Waals surface area contributed by atoms with Crippen molar-refractivity contribution in [1.82, 2.24) is 4.57 Å². The van der Waals surface area contributed by atoms with E-state index in [0.717, 1.165) is 28.4 Å². The number of carbonyl (C=O) groups excluding carboxylic acids is 2. The van der Waals surface area contributed by atoms with Gasteiger partial charge in [-0.15, -0.1) is 0 Å². The smallest absolute Gasteiger partial charge is 0.340 e. The molecule has 0 saturated carbocycles. The molecule has 6 nitrogen and oxygen atoms in total. The average Bonchev–Trinajstić information content (AvgIpc) is 3.25. The van der Waals surface area contributed by atoms with Crippen LogP contribution in [0.3, 0.4) is 0 Å². The molecule has 0 N–H and O–H groups in total. The molecule has 0 aliphatic carbocycles. The van der Waals surface area contributed by atoms with Gasteiger partial charge in [0, 0.05) is 28.5 Å². The number of benzene rings is 2. The SMILES string of the molecule is COC(=O)C1=C(C)N(c2ccc(F)cc2)C(=O)C1=Cc1cc(C)n(-c2ccc(OC)cc2)c1C. The number of aromatic nitrogens is 1. The van der Waals surface area contributed by atoms with Gasteiger partial charge in [-0.05, 0) is 87.0 Å². The molecule has 7 heteroatoms. The topological polar surface area (TPSA) is 60.8 Å². The Morgan fingerprint density at radius 2 is 1.56 bits per heavy atom. The third kappa shape index (κ3) is 3.90. The summed E-state index contributed by atoms with van der Waals surface area (Å²) in [6.45, 7) is 5.60. The van der Waals surface area contributed by atoms with Crippen molar-refractivity contribution in [3.63, 3.8) is 0 Å². The molecule has 4 rings (SSSR count). The number of amides is 1. The number of ether oxygens (including phenoxy) is 2. The predicted octanol–water partition coefficient (Wildman–Crippen LogP) is 5.12. The molecular weight excluding hydrogens is 435 g/mol. The second-order valence-corrected chi connectivity index (χ2v) is 7.99. The van der Waals surface area contributed by atoms with Crippen LogP contribution < -0.4 is 9.64 Å². The van der Waals surface area contributed by atoms with Gasteiger partial charge in [0.15, 0.2) is 0 Å². The molecule has 2 heterocycles. The summed E-state index contributed by atoms with van der Waals surface area (Å²) in [4.78, 5) is 27.5. The van der Waals surface area contributed by atoms with Crippen molar-refractivity contribution in [3.05, 3.63) is 94.2 Å². The lowest BCUT2D eigenvalue weighted by molar-refractivity contribution is -0.136. The third-order valence-electron chi connectivity index (χ3n) is 5.98. The van der Waals surface area contributed by atoms with Crippen LogP contribution in [0.2, 0.25) is 0 Å². The number of esters is 1. The van der Waals surface area contributed by atoms with E-state index in [9.17, 15) is 14.0 Å². The van der Waals surface area contributed by atoms with Crippen LogP contribution in [0.4, 0.5) is 10.1 Å². The molecule has 174 valence electrons. The van der Waals surface area contributed by atoms with Crippen molar-refractivity contribution in [1.29, 1.82) is 0 Å². The van der Waals surface area contributed by atoms with Gasteiger partial charge >= 0.3 is 5.97 Å². The summed E-state index contributed by atoms with van der Waals surface area (Å²) in [5, 5.41) is 0. The molecule has 0 bridgehead atoms. The fourth-order valence-corrected chi connectivity index (χ4v) is 4.30. The molecule has 0 unspecified atom stereocenters. The summed E-state index contributed by atoms with van der Waals surface area (Å²) in [5.41, 5.74) is 4.93. The second-order valence-electron chi connectivity index (χ2n) is 7.99. The molecule has 1 aromatic heterocycles. The monoisotopic (exact) mass is 460 g/mol. The minimum Gasteiger partial charge on any atom is -0.497 e. The van der Waals surface area contributed by atoms with Crippen LogP contribution in [-0.2, 0) is 14.3 Å². The van der Waals surface area contributed by atoms with Crippen molar-refractivity contribution in [2.75, 3.05) is 19.1 Å². The van der Waals surface area contributed by atoms with Gasteiger partial charge in [0.2, 0.25) is 0 Å². The minimum absolute atomic E-state index is 0.186. The zero-order valence-corrected chi connectivity index (χ0v) is 19.7. The van der Waals surface area contributed by atoms with Crippen LogP contribution in [0.15, 0.2) is 71.4 Å². The maximum atomic E-state index is 13.5. The van der Waals surface area contributed by atoms with Crippen molar-refractivity contribution in [2.45, 2.75) is 20.8 Å². The Kier molecular flexibility index (Phi) is 6.11. The first-order valence-electron chi connectivity index (χ1n) is 10.7. The first-order valence-corrected chi connectivity index (χ1v) is 10.7. The lowest BCUT2D eigenvalue weighted by Gasteiger charge is -2.17. The van der Waals surface area contributed by atoms with E-state index in [2.05, 4.69) is 4.57 Å². The first-order chi connectivity index (χ1) is 16.3. The number of anilines is 1. The van der Waals surface area contributed by atoms with Crippen LogP contribution in [-0.4, -0.2) is 30.7 Å². The molecule has 1 aliphatic heterocycles. The predicted molar refractivity (Wildman–Crippen MR) is 128 cm³/mol. The maximum Gasteiger partial charge on any atom is 0.340 e. The summed E-state index contributed by atoms with van der Waals surface area (Å²) in [6.07, 6.45) is 1.71. The third-order valence-corrected chi connectivity index (χ3v) is 5.98. The number of halogens is 1. The Labute approximate surface area is 197 Å². The van der Waals surface area contributed by atoms with Crippen LogP contribution in [0.25, 0.3) is 11.8 Å². The quantitative estimate of drug-likeness (QED) is 0.392. The van der Waals surface area contributed by atoms with E-state index in [-0.39, 0.29) is 17.1 Å². The van der Waals surface area contributed by atoms with Gasteiger partial charge in [0.05, 0.1) is 25.4 Å². The van der Waals surface area contributed by atoms with Gasteiger partial charge < -0.3 is 14.0 Å². The normalized spacial score (nSPS) is 14.8. The van der Waals surface area contributed by atoms with E-state index in [1.54, 1.807) is 20.1 Å². The standard InChI is InChI=1S/C27H25FN2O4/c1-16-14-19(17(2)29(16)21-10-12-23(33-4)13-11-21)15-24-25(27(32)34-5)18(3)30(26(24)31)22-8-6-20(28)7-9-22/h6-15H,1-5H3. The Balaban J connectivity index is 1.82. The molecule has 0 fully saturated rings. The van der Waals surface area contributed by atoms with Crippen molar-refractivity contribution >= 4 is 23.6 Å². The molecule has 0 saturated heterocycles. The van der Waals surface area contributed by atoms with Gasteiger partial charge in [-0.3, -0.25) is 9.69 Å². The highest BCUT2D eigenvalue weighted by molar-refractivity contribution is 6.23. The van der Waals surface area contributed by atoms with E-state index >= 15 is 0 Å². The first kappa shape index (κ1) is 23.0. The Bertz CT molecular complexity index is 1330. The average molecular weight is 461 g/mol. The second kappa shape index (κ2) is 9.02. The van der Waals surface area contributed by atoms with Gasteiger partial charge in [0.25, 0.3) is 5.91 Å². The summed E-state index contributed by atoms with van der Waals surface area (Å²) in [6, 6.07) is 15.2. The molecule has 34 heavy (non-hydrogen) atoms. The number of allylic oxidation sites excluding steroid dienone is 1. The number of carbonyl (C=O) groups is 2. The molecule has 0 atom stereocenters. The van der Waals surface area contributed by atoms with Crippen molar-refractivity contribution < 1.29 is 23.5 Å².